The molecule has 1 aliphatic heterocycles. The van der Waals surface area contributed by atoms with E-state index in [4.69, 9.17) is 9.15 Å². The lowest BCUT2D eigenvalue weighted by Gasteiger charge is -2.33. The van der Waals surface area contributed by atoms with Gasteiger partial charge in [0.05, 0.1) is 0 Å². The fraction of sp³-hybridized carbons (Fsp3) is 0.400. The molecule has 0 atom stereocenters. The van der Waals surface area contributed by atoms with E-state index in [1.165, 1.54) is 6.07 Å². The molecule has 2 heterocycles. The second-order valence-electron chi connectivity index (χ2n) is 7.59. The quantitative estimate of drug-likeness (QED) is 0.601. The predicted octanol–water partition coefficient (Wildman–Crippen LogP) is 2.12. The smallest absolute Gasteiger partial charge is 0.374 e. The van der Waals surface area contributed by atoms with Gasteiger partial charge in [-0.2, -0.15) is 5.01 Å². The maximum atomic E-state index is 12.7. The number of nitrogens with one attached hydrogen (secondary N) is 2. The Morgan fingerprint density at radius 1 is 1.28 bits per heavy atom. The van der Waals surface area contributed by atoms with Crippen LogP contribution in [0.15, 0.2) is 34.7 Å². The zero-order valence-electron chi connectivity index (χ0n) is 15.9. The van der Waals surface area contributed by atoms with Gasteiger partial charge >= 0.3 is 12.0 Å². The largest absolute Gasteiger partial charge is 0.450 e. The summed E-state index contributed by atoms with van der Waals surface area (Å²) < 4.78 is 10.3. The van der Waals surface area contributed by atoms with Crippen molar-refractivity contribution in [3.05, 3.63) is 36.1 Å². The molecule has 9 heteroatoms. The van der Waals surface area contributed by atoms with E-state index in [2.05, 4.69) is 17.7 Å². The molecule has 2 aliphatic rings. The number of fused-ring (bicyclic) bond motifs is 1. The zero-order chi connectivity index (χ0) is 20.6. The maximum absolute atomic E-state index is 12.7. The van der Waals surface area contributed by atoms with Gasteiger partial charge in [-0.05, 0) is 43.7 Å². The molecule has 29 heavy (non-hydrogen) atoms. The van der Waals surface area contributed by atoms with Crippen LogP contribution in [-0.4, -0.2) is 41.0 Å². The highest BCUT2D eigenvalue weighted by atomic mass is 16.5. The molecule has 1 aliphatic carbocycles. The molecule has 4 rings (SSSR count). The fourth-order valence-corrected chi connectivity index (χ4v) is 3.76. The van der Waals surface area contributed by atoms with Gasteiger partial charge in [0, 0.05) is 5.39 Å². The number of esters is 1. The lowest BCUT2D eigenvalue weighted by atomic mass is 9.77. The molecule has 1 spiro atoms. The third-order valence-electron chi connectivity index (χ3n) is 5.49. The number of para-hydroxylation sites is 1. The van der Waals surface area contributed by atoms with Crippen LogP contribution in [0.2, 0.25) is 0 Å². The lowest BCUT2D eigenvalue weighted by Crippen LogP contribution is -2.52. The summed E-state index contributed by atoms with van der Waals surface area (Å²) in [5, 5.41) is 4.11. The maximum Gasteiger partial charge on any atom is 0.374 e. The highest BCUT2D eigenvalue weighted by molar-refractivity contribution is 6.08. The number of imide groups is 1. The second-order valence-corrected chi connectivity index (χ2v) is 7.59. The molecule has 1 aromatic carbocycles. The first-order chi connectivity index (χ1) is 13.9. The Bertz CT molecular complexity index is 956. The average Bonchev–Trinajstić information content (AvgIpc) is 3.24. The van der Waals surface area contributed by atoms with Crippen molar-refractivity contribution in [1.82, 2.24) is 15.8 Å². The van der Waals surface area contributed by atoms with Crippen molar-refractivity contribution >= 4 is 34.8 Å². The van der Waals surface area contributed by atoms with Crippen molar-refractivity contribution in [2.75, 3.05) is 6.61 Å². The van der Waals surface area contributed by atoms with E-state index in [-0.39, 0.29) is 5.76 Å². The Morgan fingerprint density at radius 2 is 2.00 bits per heavy atom. The van der Waals surface area contributed by atoms with Crippen molar-refractivity contribution < 1.29 is 28.3 Å². The number of nitrogens with zero attached hydrogens (tertiary/aromatic N) is 1. The summed E-state index contributed by atoms with van der Waals surface area (Å²) in [5.74, 6) is -1.63. The van der Waals surface area contributed by atoms with Gasteiger partial charge in [0.25, 0.3) is 11.8 Å². The van der Waals surface area contributed by atoms with Gasteiger partial charge in [-0.1, -0.05) is 25.1 Å². The minimum absolute atomic E-state index is 0.0377. The van der Waals surface area contributed by atoms with E-state index in [0.717, 1.165) is 18.2 Å². The van der Waals surface area contributed by atoms with Crippen LogP contribution in [0, 0.1) is 5.92 Å². The molecule has 0 radical (unpaired) electrons. The van der Waals surface area contributed by atoms with Crippen LogP contribution in [0.5, 0.6) is 0 Å². The first-order valence-corrected chi connectivity index (χ1v) is 9.50. The first kappa shape index (κ1) is 19.0. The normalized spacial score (nSPS) is 24.0. The summed E-state index contributed by atoms with van der Waals surface area (Å²) in [4.78, 5) is 49.1. The van der Waals surface area contributed by atoms with Crippen LogP contribution in [0.1, 0.15) is 43.2 Å². The number of amides is 4. The van der Waals surface area contributed by atoms with Crippen LogP contribution in [-0.2, 0) is 14.3 Å². The Hall–Kier alpha value is -3.36. The van der Waals surface area contributed by atoms with E-state index in [0.29, 0.717) is 29.4 Å². The topological polar surface area (TPSA) is 118 Å². The van der Waals surface area contributed by atoms with Crippen LogP contribution in [0.25, 0.3) is 11.0 Å². The average molecular weight is 399 g/mol. The van der Waals surface area contributed by atoms with Crippen LogP contribution < -0.4 is 10.7 Å². The molecular formula is C20H21N3O6. The summed E-state index contributed by atoms with van der Waals surface area (Å²) in [6.45, 7) is 1.45. The van der Waals surface area contributed by atoms with Crippen molar-refractivity contribution in [2.45, 2.75) is 38.1 Å². The van der Waals surface area contributed by atoms with Gasteiger partial charge in [-0.15, -0.1) is 0 Å². The predicted molar refractivity (Wildman–Crippen MR) is 100 cm³/mol. The fourth-order valence-electron chi connectivity index (χ4n) is 3.76. The van der Waals surface area contributed by atoms with Gasteiger partial charge in [0.1, 0.15) is 11.1 Å². The summed E-state index contributed by atoms with van der Waals surface area (Å²) in [7, 11) is 0. The summed E-state index contributed by atoms with van der Waals surface area (Å²) in [6.07, 6.45) is 2.71. The number of urea groups is 1. The van der Waals surface area contributed by atoms with E-state index < -0.39 is 36.0 Å². The van der Waals surface area contributed by atoms with Crippen molar-refractivity contribution in [3.8, 4) is 0 Å². The Kier molecular flexibility index (Phi) is 4.73. The van der Waals surface area contributed by atoms with Crippen molar-refractivity contribution in [1.29, 1.82) is 0 Å². The van der Waals surface area contributed by atoms with Gasteiger partial charge in [-0.25, -0.2) is 9.59 Å². The summed E-state index contributed by atoms with van der Waals surface area (Å²) >= 11 is 0. The Balaban J connectivity index is 1.34. The minimum atomic E-state index is -0.957. The Labute approximate surface area is 166 Å². The number of rotatable bonds is 4. The lowest BCUT2D eigenvalue weighted by molar-refractivity contribution is -0.141. The summed E-state index contributed by atoms with van der Waals surface area (Å²) in [6, 6.07) is 7.90. The number of furan rings is 1. The summed E-state index contributed by atoms with van der Waals surface area (Å²) in [5.41, 5.74) is 1.79. The second kappa shape index (κ2) is 7.23. The third kappa shape index (κ3) is 3.55. The SMILES string of the molecule is CC1CCC2(CC1)NC(=O)N(NC(=O)COC(=O)c1cc3ccccc3o1)C2=O. The van der Waals surface area contributed by atoms with Crippen LogP contribution in [0.3, 0.4) is 0 Å². The highest BCUT2D eigenvalue weighted by Gasteiger charge is 2.52. The molecular weight excluding hydrogens is 378 g/mol. The number of hydrazine groups is 1. The molecule has 2 N–H and O–H groups in total. The number of carbonyl (C=O) groups excluding carboxylic acids is 4. The van der Waals surface area contributed by atoms with Gasteiger partial charge < -0.3 is 14.5 Å². The first-order valence-electron chi connectivity index (χ1n) is 9.50. The number of carbonyl (C=O) groups is 4. The molecule has 1 aromatic heterocycles. The monoisotopic (exact) mass is 399 g/mol. The molecule has 152 valence electrons. The van der Waals surface area contributed by atoms with Crippen molar-refractivity contribution in [2.24, 2.45) is 5.92 Å². The number of hydrogen-bond donors (Lipinski definition) is 2. The van der Waals surface area contributed by atoms with E-state index in [9.17, 15) is 19.2 Å². The molecule has 0 bridgehead atoms. The molecule has 9 nitrogen and oxygen atoms in total. The molecule has 2 fully saturated rings. The van der Waals surface area contributed by atoms with Crippen molar-refractivity contribution in [3.63, 3.8) is 0 Å². The van der Waals surface area contributed by atoms with Crippen LogP contribution >= 0.6 is 0 Å². The van der Waals surface area contributed by atoms with E-state index >= 15 is 0 Å². The molecule has 1 saturated carbocycles. The molecule has 2 aromatic rings. The molecule has 1 saturated heterocycles. The van der Waals surface area contributed by atoms with Gasteiger partial charge in [0.2, 0.25) is 5.76 Å². The molecule has 0 unspecified atom stereocenters. The highest BCUT2D eigenvalue weighted by Crippen LogP contribution is 2.35. The number of benzene rings is 1. The van der Waals surface area contributed by atoms with Gasteiger partial charge in [-0.3, -0.25) is 15.0 Å². The number of ether oxygens (including phenoxy) is 1. The number of hydrogen-bond acceptors (Lipinski definition) is 6. The zero-order valence-corrected chi connectivity index (χ0v) is 15.9. The minimum Gasteiger partial charge on any atom is -0.450 e. The van der Waals surface area contributed by atoms with E-state index in [1.807, 2.05) is 0 Å². The third-order valence-corrected chi connectivity index (χ3v) is 5.49. The van der Waals surface area contributed by atoms with E-state index in [1.54, 1.807) is 24.3 Å². The molecule has 4 amide bonds. The van der Waals surface area contributed by atoms with Gasteiger partial charge in [0.15, 0.2) is 6.61 Å². The van der Waals surface area contributed by atoms with Crippen LogP contribution in [0.4, 0.5) is 4.79 Å². The standard InChI is InChI=1S/C20H21N3O6/c1-12-6-8-20(9-7-12)18(26)23(19(27)21-20)22-16(24)11-28-17(25)15-10-13-4-2-3-5-14(13)29-15/h2-5,10,12H,6-9,11H2,1H3,(H,21,27)(H,22,24). The Morgan fingerprint density at radius 3 is 2.72 bits per heavy atom.